The van der Waals surface area contributed by atoms with E-state index in [1.165, 1.54) is 17.7 Å². The zero-order valence-electron chi connectivity index (χ0n) is 16.3. The zero-order chi connectivity index (χ0) is 21.5. The molecule has 3 rings (SSSR count). The van der Waals surface area contributed by atoms with Crippen LogP contribution in [-0.2, 0) is 6.42 Å². The van der Waals surface area contributed by atoms with Crippen LogP contribution in [0.3, 0.4) is 0 Å². The minimum atomic E-state index is -0.608. The molecule has 0 spiro atoms. The van der Waals surface area contributed by atoms with Crippen molar-refractivity contribution in [3.05, 3.63) is 75.3 Å². The number of rotatable bonds is 9. The Morgan fingerprint density at radius 1 is 0.933 bits per heavy atom. The van der Waals surface area contributed by atoms with Crippen molar-refractivity contribution < 1.29 is 19.3 Å². The van der Waals surface area contributed by atoms with E-state index in [0.717, 1.165) is 23.8 Å². The van der Waals surface area contributed by atoms with Crippen molar-refractivity contribution in [3.8, 4) is 0 Å². The number of urea groups is 1. The molecule has 0 saturated carbocycles. The van der Waals surface area contributed by atoms with Crippen LogP contribution in [0.1, 0.15) is 39.1 Å². The average molecular weight is 410 g/mol. The number of carbonyl (C=O) groups is 3. The molecule has 0 fully saturated rings. The van der Waals surface area contributed by atoms with Crippen LogP contribution in [0.2, 0.25) is 0 Å². The molecule has 2 aromatic rings. The fourth-order valence-electron chi connectivity index (χ4n) is 3.24. The molecule has 0 aromatic heterocycles. The lowest BCUT2D eigenvalue weighted by Crippen LogP contribution is -2.38. The summed E-state index contributed by atoms with van der Waals surface area (Å²) in [6.07, 6.45) is 2.07. The van der Waals surface area contributed by atoms with Crippen molar-refractivity contribution in [2.24, 2.45) is 0 Å². The summed E-state index contributed by atoms with van der Waals surface area (Å²) in [7, 11) is 0. The first-order valence-electron chi connectivity index (χ1n) is 9.67. The van der Waals surface area contributed by atoms with Crippen molar-refractivity contribution >= 4 is 23.5 Å². The van der Waals surface area contributed by atoms with E-state index in [2.05, 4.69) is 10.6 Å². The summed E-state index contributed by atoms with van der Waals surface area (Å²) in [5.41, 5.74) is 1.18. The Morgan fingerprint density at radius 2 is 1.60 bits per heavy atom. The molecule has 9 heteroatoms. The van der Waals surface area contributed by atoms with Gasteiger partial charge in [0.25, 0.3) is 17.5 Å². The highest BCUT2D eigenvalue weighted by molar-refractivity contribution is 6.21. The first kappa shape index (κ1) is 21.0. The molecule has 4 amide bonds. The highest BCUT2D eigenvalue weighted by atomic mass is 16.6. The Morgan fingerprint density at radius 3 is 2.30 bits per heavy atom. The third-order valence-electron chi connectivity index (χ3n) is 4.78. The standard InChI is InChI=1S/C21H22N4O5/c26-19-17-10-9-16(25(29)30)14-18(17)20(27)24(19)13-5-12-23-21(28)22-11-4-8-15-6-2-1-3-7-15/h1-3,6-7,9-10,14H,4-5,8,11-13H2,(H2,22,23,28). The molecule has 2 aromatic carbocycles. The monoisotopic (exact) mass is 410 g/mol. The third kappa shape index (κ3) is 4.99. The summed E-state index contributed by atoms with van der Waals surface area (Å²) >= 11 is 0. The normalized spacial score (nSPS) is 12.6. The number of aryl methyl sites for hydroxylation is 1. The van der Waals surface area contributed by atoms with Crippen molar-refractivity contribution in [2.75, 3.05) is 19.6 Å². The van der Waals surface area contributed by atoms with Crippen LogP contribution < -0.4 is 10.6 Å². The molecule has 2 N–H and O–H groups in total. The Labute approximate surface area is 173 Å². The Kier molecular flexibility index (Phi) is 6.74. The number of amides is 4. The van der Waals surface area contributed by atoms with Gasteiger partial charge in [-0.25, -0.2) is 4.79 Å². The van der Waals surface area contributed by atoms with Gasteiger partial charge in [-0.15, -0.1) is 0 Å². The molecule has 0 aliphatic carbocycles. The first-order chi connectivity index (χ1) is 14.5. The fraction of sp³-hybridized carbons (Fsp3) is 0.286. The van der Waals surface area contributed by atoms with Gasteiger partial charge in [0.05, 0.1) is 16.1 Å². The van der Waals surface area contributed by atoms with Gasteiger partial charge < -0.3 is 10.6 Å². The van der Waals surface area contributed by atoms with Crippen LogP contribution in [0.5, 0.6) is 0 Å². The number of fused-ring (bicyclic) bond motifs is 1. The lowest BCUT2D eigenvalue weighted by atomic mass is 10.1. The molecule has 0 atom stereocenters. The molecule has 0 radical (unpaired) electrons. The molecule has 30 heavy (non-hydrogen) atoms. The summed E-state index contributed by atoms with van der Waals surface area (Å²) in [4.78, 5) is 47.9. The van der Waals surface area contributed by atoms with Crippen LogP contribution >= 0.6 is 0 Å². The van der Waals surface area contributed by atoms with E-state index >= 15 is 0 Å². The van der Waals surface area contributed by atoms with Crippen molar-refractivity contribution in [1.29, 1.82) is 0 Å². The van der Waals surface area contributed by atoms with Gasteiger partial charge in [-0.1, -0.05) is 30.3 Å². The Balaban J connectivity index is 1.37. The zero-order valence-corrected chi connectivity index (χ0v) is 16.3. The number of carbonyl (C=O) groups excluding carboxylic acids is 3. The number of imide groups is 1. The van der Waals surface area contributed by atoms with Gasteiger partial charge in [0.2, 0.25) is 0 Å². The predicted octanol–water partition coefficient (Wildman–Crippen LogP) is 2.51. The number of hydrogen-bond donors (Lipinski definition) is 2. The highest BCUT2D eigenvalue weighted by Gasteiger charge is 2.36. The minimum Gasteiger partial charge on any atom is -0.338 e. The average Bonchev–Trinajstić information content (AvgIpc) is 2.99. The summed E-state index contributed by atoms with van der Waals surface area (Å²) in [6.45, 7) is 0.949. The van der Waals surface area contributed by atoms with Gasteiger partial charge in [-0.2, -0.15) is 0 Å². The molecule has 1 aliphatic heterocycles. The number of nitrogens with zero attached hydrogens (tertiary/aromatic N) is 2. The van der Waals surface area contributed by atoms with Crippen molar-refractivity contribution in [2.45, 2.75) is 19.3 Å². The number of nitro benzene ring substituents is 1. The van der Waals surface area contributed by atoms with E-state index in [-0.39, 0.29) is 35.9 Å². The van der Waals surface area contributed by atoms with Crippen molar-refractivity contribution in [3.63, 3.8) is 0 Å². The number of nitro groups is 1. The number of benzene rings is 2. The maximum atomic E-state index is 12.4. The summed E-state index contributed by atoms with van der Waals surface area (Å²) in [6, 6.07) is 13.3. The van der Waals surface area contributed by atoms with E-state index in [0.29, 0.717) is 13.0 Å². The second-order valence-corrected chi connectivity index (χ2v) is 6.87. The second-order valence-electron chi connectivity index (χ2n) is 6.87. The number of hydrogen-bond acceptors (Lipinski definition) is 5. The molecule has 1 aliphatic rings. The molecule has 156 valence electrons. The predicted molar refractivity (Wildman–Crippen MR) is 109 cm³/mol. The van der Waals surface area contributed by atoms with Crippen LogP contribution in [-0.4, -0.2) is 47.3 Å². The van der Waals surface area contributed by atoms with Gasteiger partial charge in [-0.05, 0) is 30.9 Å². The fourth-order valence-corrected chi connectivity index (χ4v) is 3.24. The van der Waals surface area contributed by atoms with E-state index in [1.807, 2.05) is 30.3 Å². The minimum absolute atomic E-state index is 0.0401. The lowest BCUT2D eigenvalue weighted by molar-refractivity contribution is -0.384. The van der Waals surface area contributed by atoms with Crippen LogP contribution in [0.15, 0.2) is 48.5 Å². The molecular weight excluding hydrogens is 388 g/mol. The first-order valence-corrected chi connectivity index (χ1v) is 9.67. The molecule has 1 heterocycles. The van der Waals surface area contributed by atoms with Gasteiger partial charge in [0, 0.05) is 31.8 Å². The molecule has 0 bridgehead atoms. The summed E-state index contributed by atoms with van der Waals surface area (Å²) in [5, 5.41) is 16.3. The second kappa shape index (κ2) is 9.64. The third-order valence-corrected chi connectivity index (χ3v) is 4.78. The summed E-state index contributed by atoms with van der Waals surface area (Å²) < 4.78 is 0. The Bertz CT molecular complexity index is 961. The van der Waals surface area contributed by atoms with E-state index in [9.17, 15) is 24.5 Å². The number of non-ortho nitro benzene ring substituents is 1. The lowest BCUT2D eigenvalue weighted by Gasteiger charge is -2.14. The maximum absolute atomic E-state index is 12.4. The molecular formula is C21H22N4O5. The maximum Gasteiger partial charge on any atom is 0.314 e. The molecule has 0 unspecified atom stereocenters. The summed E-state index contributed by atoms with van der Waals surface area (Å²) in [5.74, 6) is -1.03. The Hall–Kier alpha value is -3.75. The van der Waals surface area contributed by atoms with E-state index < -0.39 is 16.7 Å². The SMILES string of the molecule is O=C(NCCCc1ccccc1)NCCCN1C(=O)c2ccc([N+](=O)[O-])cc2C1=O. The highest BCUT2D eigenvalue weighted by Crippen LogP contribution is 2.26. The molecule has 9 nitrogen and oxygen atoms in total. The number of nitrogens with one attached hydrogen (secondary N) is 2. The smallest absolute Gasteiger partial charge is 0.314 e. The molecule has 0 saturated heterocycles. The van der Waals surface area contributed by atoms with Gasteiger partial charge in [-0.3, -0.25) is 24.6 Å². The largest absolute Gasteiger partial charge is 0.338 e. The van der Waals surface area contributed by atoms with Crippen molar-refractivity contribution in [1.82, 2.24) is 15.5 Å². The van der Waals surface area contributed by atoms with Gasteiger partial charge in [0.1, 0.15) is 0 Å². The quantitative estimate of drug-likeness (QED) is 0.285. The van der Waals surface area contributed by atoms with Crippen LogP contribution in [0.25, 0.3) is 0 Å². The van der Waals surface area contributed by atoms with E-state index in [1.54, 1.807) is 0 Å². The van der Waals surface area contributed by atoms with Crippen LogP contribution in [0, 0.1) is 10.1 Å². The van der Waals surface area contributed by atoms with Gasteiger partial charge >= 0.3 is 6.03 Å². The van der Waals surface area contributed by atoms with E-state index in [4.69, 9.17) is 0 Å². The van der Waals surface area contributed by atoms with Crippen LogP contribution in [0.4, 0.5) is 10.5 Å². The van der Waals surface area contributed by atoms with Gasteiger partial charge in [0.15, 0.2) is 0 Å². The topological polar surface area (TPSA) is 122 Å².